The van der Waals surface area contributed by atoms with Crippen LogP contribution in [0.15, 0.2) is 77.9 Å². The van der Waals surface area contributed by atoms with Gasteiger partial charge >= 0.3 is 0 Å². The Kier molecular flexibility index (Phi) is 5.33. The second kappa shape index (κ2) is 8.58. The minimum atomic E-state index is -0.292. The van der Waals surface area contributed by atoms with E-state index in [1.54, 1.807) is 29.4 Å². The van der Waals surface area contributed by atoms with Crippen molar-refractivity contribution in [1.82, 2.24) is 24.6 Å². The highest BCUT2D eigenvalue weighted by Gasteiger charge is 2.23. The van der Waals surface area contributed by atoms with Gasteiger partial charge in [0.1, 0.15) is 6.54 Å². The lowest BCUT2D eigenvalue weighted by atomic mass is 10.1. The normalized spacial score (nSPS) is 14.0. The zero-order valence-corrected chi connectivity index (χ0v) is 17.5. The summed E-state index contributed by atoms with van der Waals surface area (Å²) in [7, 11) is 0. The van der Waals surface area contributed by atoms with Crippen LogP contribution in [0.1, 0.15) is 0 Å². The fourth-order valence-electron chi connectivity index (χ4n) is 3.90. The van der Waals surface area contributed by atoms with Gasteiger partial charge in [-0.1, -0.05) is 36.4 Å². The van der Waals surface area contributed by atoms with Crippen LogP contribution in [0, 0.1) is 0 Å². The van der Waals surface area contributed by atoms with Crippen LogP contribution in [0.25, 0.3) is 22.0 Å². The third-order valence-electron chi connectivity index (χ3n) is 5.66. The van der Waals surface area contributed by atoms with Crippen molar-refractivity contribution in [3.05, 3.63) is 83.4 Å². The first kappa shape index (κ1) is 19.9. The number of hydrogen-bond donors (Lipinski definition) is 0. The van der Waals surface area contributed by atoms with E-state index in [9.17, 15) is 9.59 Å². The summed E-state index contributed by atoms with van der Waals surface area (Å²) in [5, 5.41) is 6.71. The van der Waals surface area contributed by atoms with Crippen molar-refractivity contribution >= 4 is 22.6 Å². The molecule has 1 fully saturated rings. The molecule has 0 aliphatic carbocycles. The van der Waals surface area contributed by atoms with E-state index in [2.05, 4.69) is 26.0 Å². The quantitative estimate of drug-likeness (QED) is 0.498. The summed E-state index contributed by atoms with van der Waals surface area (Å²) in [6.07, 6.45) is 3.42. The van der Waals surface area contributed by atoms with Crippen molar-refractivity contribution in [2.75, 3.05) is 31.1 Å². The monoisotopic (exact) mass is 426 g/mol. The molecule has 8 nitrogen and oxygen atoms in total. The zero-order valence-electron chi connectivity index (χ0n) is 17.5. The molecule has 2 aromatic heterocycles. The molecule has 32 heavy (non-hydrogen) atoms. The lowest BCUT2D eigenvalue weighted by molar-refractivity contribution is -0.132. The maximum atomic E-state index is 12.9. The molecule has 5 rings (SSSR count). The molecule has 0 unspecified atom stereocenters. The second-order valence-corrected chi connectivity index (χ2v) is 7.69. The number of carbonyl (C=O) groups excluding carboxylic acids is 1. The number of amides is 1. The first-order valence-electron chi connectivity index (χ1n) is 10.5. The number of nitrogens with zero attached hydrogens (tertiary/aromatic N) is 6. The highest BCUT2D eigenvalue weighted by atomic mass is 16.2. The highest BCUT2D eigenvalue weighted by Crippen LogP contribution is 2.22. The van der Waals surface area contributed by atoms with Gasteiger partial charge in [0, 0.05) is 50.2 Å². The van der Waals surface area contributed by atoms with Gasteiger partial charge in [0.2, 0.25) is 11.9 Å². The van der Waals surface area contributed by atoms with Crippen LogP contribution in [0.4, 0.5) is 5.95 Å². The number of aromatic nitrogens is 4. The lowest BCUT2D eigenvalue weighted by Gasteiger charge is -2.34. The Bertz CT molecular complexity index is 1310. The fraction of sp³-hybridized carbons (Fsp3) is 0.208. The molecule has 1 aliphatic rings. The standard InChI is InChI=1S/C24H22N6O2/c31-22-9-8-21(20-7-6-18-4-1-2-5-19(18)16-20)27-30(22)17-23(32)28-12-14-29(15-13-28)24-25-10-3-11-26-24/h1-11,16H,12-15,17H2. The predicted octanol–water partition coefficient (Wildman–Crippen LogP) is 2.20. The number of piperazine rings is 1. The molecule has 0 spiro atoms. The third-order valence-corrected chi connectivity index (χ3v) is 5.66. The second-order valence-electron chi connectivity index (χ2n) is 7.69. The molecule has 1 amide bonds. The minimum absolute atomic E-state index is 0.0813. The Balaban J connectivity index is 1.30. The van der Waals surface area contributed by atoms with Gasteiger partial charge in [-0.3, -0.25) is 9.59 Å². The molecule has 160 valence electrons. The highest BCUT2D eigenvalue weighted by molar-refractivity contribution is 5.86. The molecule has 2 aromatic carbocycles. The summed E-state index contributed by atoms with van der Waals surface area (Å²) in [5.41, 5.74) is 1.27. The van der Waals surface area contributed by atoms with Crippen LogP contribution < -0.4 is 10.5 Å². The molecule has 0 bridgehead atoms. The average Bonchev–Trinajstić information content (AvgIpc) is 2.85. The molecule has 0 N–H and O–H groups in total. The number of carbonyl (C=O) groups is 1. The molecule has 8 heteroatoms. The van der Waals surface area contributed by atoms with Crippen LogP contribution in [-0.2, 0) is 11.3 Å². The Hall–Kier alpha value is -4.07. The number of anilines is 1. The van der Waals surface area contributed by atoms with Crippen molar-refractivity contribution in [3.8, 4) is 11.3 Å². The van der Waals surface area contributed by atoms with E-state index in [0.29, 0.717) is 37.8 Å². The lowest BCUT2D eigenvalue weighted by Crippen LogP contribution is -2.50. The number of hydrogen-bond acceptors (Lipinski definition) is 6. The summed E-state index contributed by atoms with van der Waals surface area (Å²) in [6.45, 7) is 2.32. The largest absolute Gasteiger partial charge is 0.338 e. The van der Waals surface area contributed by atoms with E-state index in [1.807, 2.05) is 36.4 Å². The van der Waals surface area contributed by atoms with Gasteiger partial charge in [0.25, 0.3) is 5.56 Å². The molecule has 1 saturated heterocycles. The number of fused-ring (bicyclic) bond motifs is 1. The fourth-order valence-corrected chi connectivity index (χ4v) is 3.90. The first-order valence-corrected chi connectivity index (χ1v) is 10.5. The van der Waals surface area contributed by atoms with Crippen molar-refractivity contribution in [2.24, 2.45) is 0 Å². The van der Waals surface area contributed by atoms with Gasteiger partial charge in [-0.25, -0.2) is 14.6 Å². The van der Waals surface area contributed by atoms with Gasteiger partial charge in [-0.2, -0.15) is 5.10 Å². The molecule has 0 saturated carbocycles. The summed E-state index contributed by atoms with van der Waals surface area (Å²) < 4.78 is 1.25. The van der Waals surface area contributed by atoms with Crippen LogP contribution in [0.5, 0.6) is 0 Å². The molecule has 0 radical (unpaired) electrons. The van der Waals surface area contributed by atoms with Crippen molar-refractivity contribution in [3.63, 3.8) is 0 Å². The van der Waals surface area contributed by atoms with Crippen molar-refractivity contribution < 1.29 is 4.79 Å². The van der Waals surface area contributed by atoms with Gasteiger partial charge < -0.3 is 9.80 Å². The van der Waals surface area contributed by atoms with Gasteiger partial charge in [0.05, 0.1) is 5.69 Å². The summed E-state index contributed by atoms with van der Waals surface area (Å²) in [5.74, 6) is 0.546. The number of rotatable bonds is 4. The zero-order chi connectivity index (χ0) is 21.9. The van der Waals surface area contributed by atoms with E-state index in [0.717, 1.165) is 16.3 Å². The predicted molar refractivity (Wildman–Crippen MR) is 122 cm³/mol. The van der Waals surface area contributed by atoms with Crippen molar-refractivity contribution in [2.45, 2.75) is 6.54 Å². The summed E-state index contributed by atoms with van der Waals surface area (Å²) in [6, 6.07) is 19.1. The van der Waals surface area contributed by atoms with Crippen molar-refractivity contribution in [1.29, 1.82) is 0 Å². The Morgan fingerprint density at radius 3 is 2.38 bits per heavy atom. The topological polar surface area (TPSA) is 84.2 Å². The van der Waals surface area contributed by atoms with Crippen LogP contribution >= 0.6 is 0 Å². The maximum Gasteiger partial charge on any atom is 0.267 e. The van der Waals surface area contributed by atoms with Crippen LogP contribution in [0.3, 0.4) is 0 Å². The maximum absolute atomic E-state index is 12.9. The van der Waals surface area contributed by atoms with E-state index in [-0.39, 0.29) is 18.0 Å². The van der Waals surface area contributed by atoms with Gasteiger partial charge in [-0.15, -0.1) is 0 Å². The summed E-state index contributed by atoms with van der Waals surface area (Å²) in [4.78, 5) is 37.6. The van der Waals surface area contributed by atoms with Crippen LogP contribution in [0.2, 0.25) is 0 Å². The smallest absolute Gasteiger partial charge is 0.267 e. The molecular weight excluding hydrogens is 404 g/mol. The van der Waals surface area contributed by atoms with E-state index in [4.69, 9.17) is 0 Å². The molecule has 0 atom stereocenters. The Morgan fingerprint density at radius 1 is 0.844 bits per heavy atom. The van der Waals surface area contributed by atoms with Gasteiger partial charge in [0.15, 0.2) is 0 Å². The first-order chi connectivity index (χ1) is 15.7. The molecule has 3 heterocycles. The van der Waals surface area contributed by atoms with E-state index in [1.165, 1.54) is 10.7 Å². The Labute approximate surface area is 184 Å². The summed E-state index contributed by atoms with van der Waals surface area (Å²) >= 11 is 0. The minimum Gasteiger partial charge on any atom is -0.338 e. The Morgan fingerprint density at radius 2 is 1.59 bits per heavy atom. The van der Waals surface area contributed by atoms with E-state index >= 15 is 0 Å². The molecule has 4 aromatic rings. The van der Waals surface area contributed by atoms with Gasteiger partial charge in [-0.05, 0) is 29.0 Å². The SMILES string of the molecule is O=C(Cn1nc(-c2ccc3ccccc3c2)ccc1=O)N1CCN(c2ncccn2)CC1. The molecule has 1 aliphatic heterocycles. The van der Waals surface area contributed by atoms with E-state index < -0.39 is 0 Å². The average molecular weight is 426 g/mol. The van der Waals surface area contributed by atoms with Crippen LogP contribution in [-0.4, -0.2) is 56.7 Å². The number of benzene rings is 2. The molecular formula is C24H22N6O2. The third kappa shape index (κ3) is 4.07.